The van der Waals surface area contributed by atoms with Gasteiger partial charge in [0.15, 0.2) is 0 Å². The fourth-order valence-electron chi connectivity index (χ4n) is 2.17. The molecule has 3 heteroatoms. The Morgan fingerprint density at radius 1 is 1.14 bits per heavy atom. The fourth-order valence-corrected chi connectivity index (χ4v) is 2.17. The zero-order valence-electron chi connectivity index (χ0n) is 12.7. The molecule has 0 unspecified atom stereocenters. The van der Waals surface area contributed by atoms with Crippen LogP contribution in [0.1, 0.15) is 23.6 Å². The van der Waals surface area contributed by atoms with Crippen molar-refractivity contribution in [1.82, 2.24) is 5.32 Å². The fraction of sp³-hybridized carbons (Fsp3) is 0.333. The molecule has 2 aromatic carbocycles. The summed E-state index contributed by atoms with van der Waals surface area (Å²) in [7, 11) is 0. The van der Waals surface area contributed by atoms with Crippen LogP contribution in [-0.4, -0.2) is 17.8 Å². The Balaban J connectivity index is 1.96. The maximum Gasteiger partial charge on any atom is 0.124 e. The van der Waals surface area contributed by atoms with E-state index in [-0.39, 0.29) is 6.10 Å². The van der Waals surface area contributed by atoms with Crippen molar-refractivity contribution in [3.8, 4) is 5.75 Å². The summed E-state index contributed by atoms with van der Waals surface area (Å²) >= 11 is 0. The van der Waals surface area contributed by atoms with E-state index in [1.54, 1.807) is 6.92 Å². The molecule has 0 heterocycles. The molecule has 1 atom stereocenters. The van der Waals surface area contributed by atoms with Gasteiger partial charge in [-0.25, -0.2) is 0 Å². The molecule has 0 aliphatic heterocycles. The van der Waals surface area contributed by atoms with E-state index in [1.165, 1.54) is 11.1 Å². The molecule has 21 heavy (non-hydrogen) atoms. The minimum absolute atomic E-state index is 0.342. The predicted molar refractivity (Wildman–Crippen MR) is 85.3 cm³/mol. The Morgan fingerprint density at radius 3 is 2.71 bits per heavy atom. The van der Waals surface area contributed by atoms with E-state index >= 15 is 0 Å². The van der Waals surface area contributed by atoms with Gasteiger partial charge in [-0.2, -0.15) is 0 Å². The van der Waals surface area contributed by atoms with Gasteiger partial charge < -0.3 is 15.2 Å². The lowest BCUT2D eigenvalue weighted by molar-refractivity contribution is 0.190. The van der Waals surface area contributed by atoms with Crippen LogP contribution in [-0.2, 0) is 13.2 Å². The highest BCUT2D eigenvalue weighted by Crippen LogP contribution is 2.19. The van der Waals surface area contributed by atoms with Gasteiger partial charge in [0.25, 0.3) is 0 Å². The van der Waals surface area contributed by atoms with E-state index in [9.17, 15) is 5.11 Å². The molecule has 2 aromatic rings. The second-order valence-corrected chi connectivity index (χ2v) is 5.37. The molecule has 0 amide bonds. The third kappa shape index (κ3) is 5.21. The number of ether oxygens (including phenoxy) is 1. The molecule has 2 N–H and O–H groups in total. The maximum absolute atomic E-state index is 9.28. The highest BCUT2D eigenvalue weighted by atomic mass is 16.5. The van der Waals surface area contributed by atoms with E-state index in [1.807, 2.05) is 30.3 Å². The average molecular weight is 285 g/mol. The van der Waals surface area contributed by atoms with Crippen molar-refractivity contribution >= 4 is 0 Å². The molecular weight excluding hydrogens is 262 g/mol. The molecule has 0 spiro atoms. The van der Waals surface area contributed by atoms with Crippen molar-refractivity contribution in [2.75, 3.05) is 6.54 Å². The van der Waals surface area contributed by atoms with E-state index in [4.69, 9.17) is 4.74 Å². The van der Waals surface area contributed by atoms with Gasteiger partial charge in [0.2, 0.25) is 0 Å². The van der Waals surface area contributed by atoms with Crippen LogP contribution in [0.15, 0.2) is 48.5 Å². The minimum Gasteiger partial charge on any atom is -0.489 e. The van der Waals surface area contributed by atoms with Crippen LogP contribution in [0.5, 0.6) is 5.75 Å². The van der Waals surface area contributed by atoms with Crippen LogP contribution < -0.4 is 10.1 Å². The molecule has 0 aliphatic carbocycles. The van der Waals surface area contributed by atoms with Crippen molar-refractivity contribution in [1.29, 1.82) is 0 Å². The minimum atomic E-state index is -0.342. The van der Waals surface area contributed by atoms with Crippen molar-refractivity contribution in [3.63, 3.8) is 0 Å². The number of benzene rings is 2. The third-order valence-corrected chi connectivity index (χ3v) is 3.20. The maximum atomic E-state index is 9.28. The zero-order valence-corrected chi connectivity index (χ0v) is 12.7. The predicted octanol–water partition coefficient (Wildman–Crippen LogP) is 3.04. The normalized spacial score (nSPS) is 12.1. The summed E-state index contributed by atoms with van der Waals surface area (Å²) in [5.41, 5.74) is 3.51. The van der Waals surface area contributed by atoms with Gasteiger partial charge in [-0.3, -0.25) is 0 Å². The number of aliphatic hydroxyl groups excluding tert-OH is 1. The number of nitrogens with one attached hydrogen (secondary N) is 1. The van der Waals surface area contributed by atoms with Crippen LogP contribution in [0, 0.1) is 6.92 Å². The average Bonchev–Trinajstić information content (AvgIpc) is 2.46. The topological polar surface area (TPSA) is 41.5 Å². The number of para-hydroxylation sites is 1. The first kappa shape index (κ1) is 15.5. The summed E-state index contributed by atoms with van der Waals surface area (Å²) in [6.07, 6.45) is -0.342. The summed E-state index contributed by atoms with van der Waals surface area (Å²) in [4.78, 5) is 0. The highest BCUT2D eigenvalue weighted by molar-refractivity contribution is 5.33. The highest BCUT2D eigenvalue weighted by Gasteiger charge is 2.04. The quantitative estimate of drug-likeness (QED) is 0.821. The monoisotopic (exact) mass is 285 g/mol. The lowest BCUT2D eigenvalue weighted by Crippen LogP contribution is -2.24. The van der Waals surface area contributed by atoms with Crippen LogP contribution >= 0.6 is 0 Å². The van der Waals surface area contributed by atoms with Gasteiger partial charge in [-0.1, -0.05) is 48.0 Å². The molecular formula is C18H23NO2. The smallest absolute Gasteiger partial charge is 0.124 e. The van der Waals surface area contributed by atoms with Crippen LogP contribution in [0.4, 0.5) is 0 Å². The van der Waals surface area contributed by atoms with Gasteiger partial charge in [0.05, 0.1) is 6.10 Å². The van der Waals surface area contributed by atoms with Crippen LogP contribution in [0.3, 0.4) is 0 Å². The molecule has 0 saturated heterocycles. The van der Waals surface area contributed by atoms with Crippen molar-refractivity contribution in [2.24, 2.45) is 0 Å². The Labute approximate surface area is 126 Å². The molecule has 0 radical (unpaired) electrons. The first-order chi connectivity index (χ1) is 10.1. The van der Waals surface area contributed by atoms with Gasteiger partial charge in [-0.05, 0) is 25.5 Å². The van der Waals surface area contributed by atoms with Gasteiger partial charge in [-0.15, -0.1) is 0 Å². The van der Waals surface area contributed by atoms with Crippen molar-refractivity contribution < 1.29 is 9.84 Å². The second-order valence-electron chi connectivity index (χ2n) is 5.37. The Hall–Kier alpha value is -1.84. The van der Waals surface area contributed by atoms with Crippen LogP contribution in [0.25, 0.3) is 0 Å². The molecule has 0 bridgehead atoms. The number of hydrogen-bond acceptors (Lipinski definition) is 3. The second kappa shape index (κ2) is 7.81. The lowest BCUT2D eigenvalue weighted by Gasteiger charge is -2.13. The number of aliphatic hydroxyl groups is 1. The molecule has 0 saturated carbocycles. The molecule has 112 valence electrons. The lowest BCUT2D eigenvalue weighted by atomic mass is 10.1. The van der Waals surface area contributed by atoms with E-state index < -0.39 is 0 Å². The standard InChI is InChI=1S/C18H23NO2/c1-14-6-5-7-16(10-14)13-21-18-9-4-3-8-17(18)12-19-11-15(2)20/h3-10,15,19-20H,11-13H2,1-2H3/t15-/m1/s1. The third-order valence-electron chi connectivity index (χ3n) is 3.20. The zero-order chi connectivity index (χ0) is 15.1. The van der Waals surface area contributed by atoms with Crippen LogP contribution in [0.2, 0.25) is 0 Å². The molecule has 0 fully saturated rings. The summed E-state index contributed by atoms with van der Waals surface area (Å²) in [6.45, 7) is 5.68. The largest absolute Gasteiger partial charge is 0.489 e. The first-order valence-corrected chi connectivity index (χ1v) is 7.30. The van der Waals surface area contributed by atoms with Gasteiger partial charge in [0, 0.05) is 18.7 Å². The Morgan fingerprint density at radius 2 is 1.95 bits per heavy atom. The van der Waals surface area contributed by atoms with E-state index in [0.29, 0.717) is 19.7 Å². The van der Waals surface area contributed by atoms with Gasteiger partial charge >= 0.3 is 0 Å². The number of rotatable bonds is 7. The van der Waals surface area contributed by atoms with E-state index in [0.717, 1.165) is 11.3 Å². The number of hydrogen-bond donors (Lipinski definition) is 2. The summed E-state index contributed by atoms with van der Waals surface area (Å²) < 4.78 is 5.93. The van der Waals surface area contributed by atoms with E-state index in [2.05, 4.69) is 30.4 Å². The van der Waals surface area contributed by atoms with Crippen molar-refractivity contribution in [3.05, 3.63) is 65.2 Å². The SMILES string of the molecule is Cc1cccc(COc2ccccc2CNC[C@@H](C)O)c1. The number of aryl methyl sites for hydroxylation is 1. The first-order valence-electron chi connectivity index (χ1n) is 7.30. The molecule has 3 nitrogen and oxygen atoms in total. The summed E-state index contributed by atoms with van der Waals surface area (Å²) in [5.74, 6) is 0.886. The molecule has 2 rings (SSSR count). The summed E-state index contributed by atoms with van der Waals surface area (Å²) in [6, 6.07) is 16.3. The summed E-state index contributed by atoms with van der Waals surface area (Å²) in [5, 5.41) is 12.5. The van der Waals surface area contributed by atoms with Crippen molar-refractivity contribution in [2.45, 2.75) is 33.1 Å². The molecule has 0 aliphatic rings. The van der Waals surface area contributed by atoms with Gasteiger partial charge in [0.1, 0.15) is 12.4 Å². The Kier molecular flexibility index (Phi) is 5.78. The Bertz CT molecular complexity index is 567. The molecule has 0 aromatic heterocycles.